The minimum atomic E-state index is -0.862. The molecule has 0 bridgehead atoms. The predicted molar refractivity (Wildman–Crippen MR) is 142 cm³/mol. The molecule has 2 fully saturated rings. The monoisotopic (exact) mass is 502 g/mol. The number of aromatic nitrogens is 2. The molecule has 1 unspecified atom stereocenters. The third-order valence-electron chi connectivity index (χ3n) is 8.01. The highest BCUT2D eigenvalue weighted by Gasteiger charge is 2.31. The lowest BCUT2D eigenvalue weighted by Crippen LogP contribution is -2.48. The number of hydrogen-bond donors (Lipinski definition) is 1. The molecule has 2 saturated heterocycles. The molecule has 4 heterocycles. The second-order valence-electron chi connectivity index (χ2n) is 10.4. The van der Waals surface area contributed by atoms with Gasteiger partial charge in [0.15, 0.2) is 0 Å². The average molecular weight is 503 g/mol. The van der Waals surface area contributed by atoms with E-state index in [1.807, 2.05) is 0 Å². The van der Waals surface area contributed by atoms with Crippen molar-refractivity contribution in [2.75, 3.05) is 51.3 Å². The van der Waals surface area contributed by atoms with Crippen LogP contribution in [0.25, 0.3) is 10.8 Å². The van der Waals surface area contributed by atoms with Gasteiger partial charge in [0.1, 0.15) is 12.4 Å². The van der Waals surface area contributed by atoms with Gasteiger partial charge in [0.2, 0.25) is 0 Å². The Balaban J connectivity index is 1.25. The minimum Gasteiger partial charge on any atom is -0.465 e. The highest BCUT2D eigenvalue weighted by atomic mass is 16.5. The Bertz CT molecular complexity index is 1290. The van der Waals surface area contributed by atoms with Crippen molar-refractivity contribution in [1.82, 2.24) is 24.7 Å². The second kappa shape index (κ2) is 10.1. The number of piperazine rings is 1. The lowest BCUT2D eigenvalue weighted by molar-refractivity contribution is 0.142. The van der Waals surface area contributed by atoms with E-state index < -0.39 is 6.09 Å². The molecule has 0 aliphatic carbocycles. The molecule has 1 aromatic heterocycles. The van der Waals surface area contributed by atoms with Crippen molar-refractivity contribution in [1.29, 1.82) is 0 Å². The lowest BCUT2D eigenvalue weighted by Gasteiger charge is -2.34. The van der Waals surface area contributed by atoms with Crippen molar-refractivity contribution < 1.29 is 14.6 Å². The number of likely N-dealkylation sites (tertiary alicyclic amines) is 1. The fourth-order valence-corrected chi connectivity index (χ4v) is 5.86. The molecule has 6 rings (SSSR count). The van der Waals surface area contributed by atoms with Crippen molar-refractivity contribution in [3.8, 4) is 6.01 Å². The van der Waals surface area contributed by atoms with Crippen LogP contribution in [0.5, 0.6) is 6.01 Å². The van der Waals surface area contributed by atoms with Gasteiger partial charge in [-0.15, -0.1) is 0 Å². The molecule has 3 aliphatic rings. The van der Waals surface area contributed by atoms with Gasteiger partial charge in [-0.25, -0.2) is 4.79 Å². The molecule has 3 aromatic rings. The lowest BCUT2D eigenvalue weighted by atomic mass is 10.0. The van der Waals surface area contributed by atoms with Gasteiger partial charge < -0.3 is 24.5 Å². The largest absolute Gasteiger partial charge is 0.465 e. The molecule has 0 spiro atoms. The molecular formula is C28H34N6O3. The van der Waals surface area contributed by atoms with Crippen LogP contribution < -0.4 is 9.64 Å². The average Bonchev–Trinajstić information content (AvgIpc) is 3.52. The number of amides is 1. The van der Waals surface area contributed by atoms with Crippen molar-refractivity contribution in [2.24, 2.45) is 0 Å². The molecule has 9 nitrogen and oxygen atoms in total. The van der Waals surface area contributed by atoms with E-state index >= 15 is 0 Å². The van der Waals surface area contributed by atoms with Crippen molar-refractivity contribution in [3.63, 3.8) is 0 Å². The van der Waals surface area contributed by atoms with Gasteiger partial charge in [-0.1, -0.05) is 42.5 Å². The number of rotatable bonds is 6. The van der Waals surface area contributed by atoms with Crippen molar-refractivity contribution >= 4 is 22.7 Å². The summed E-state index contributed by atoms with van der Waals surface area (Å²) < 4.78 is 6.17. The Hall–Kier alpha value is -3.43. The van der Waals surface area contributed by atoms with E-state index in [1.54, 1.807) is 0 Å². The first-order valence-corrected chi connectivity index (χ1v) is 13.2. The zero-order valence-corrected chi connectivity index (χ0v) is 21.3. The van der Waals surface area contributed by atoms with Gasteiger partial charge in [0, 0.05) is 57.4 Å². The first kappa shape index (κ1) is 23.9. The summed E-state index contributed by atoms with van der Waals surface area (Å²) in [6.07, 6.45) is 1.46. The smallest absolute Gasteiger partial charge is 0.407 e. The molecule has 1 atom stereocenters. The number of likely N-dealkylation sites (N-methyl/N-ethyl adjacent to an activating group) is 1. The number of fused-ring (bicyclic) bond motifs is 2. The van der Waals surface area contributed by atoms with E-state index in [2.05, 4.69) is 64.2 Å². The maximum Gasteiger partial charge on any atom is 0.407 e. The van der Waals surface area contributed by atoms with Gasteiger partial charge in [-0.2, -0.15) is 9.97 Å². The van der Waals surface area contributed by atoms with Crippen molar-refractivity contribution in [3.05, 3.63) is 59.3 Å². The summed E-state index contributed by atoms with van der Waals surface area (Å²) in [5, 5.41) is 11.9. The Labute approximate surface area is 217 Å². The van der Waals surface area contributed by atoms with E-state index in [0.29, 0.717) is 44.8 Å². The minimum absolute atomic E-state index is 0.391. The normalized spacial score (nSPS) is 20.5. The molecular weight excluding hydrogens is 468 g/mol. The van der Waals surface area contributed by atoms with Gasteiger partial charge in [-0.05, 0) is 42.8 Å². The molecule has 2 aromatic carbocycles. The number of hydrogen-bond acceptors (Lipinski definition) is 7. The summed E-state index contributed by atoms with van der Waals surface area (Å²) in [5.41, 5.74) is 3.45. The first-order valence-electron chi connectivity index (χ1n) is 13.2. The summed E-state index contributed by atoms with van der Waals surface area (Å²) >= 11 is 0. The third-order valence-corrected chi connectivity index (χ3v) is 8.01. The molecule has 0 saturated carbocycles. The van der Waals surface area contributed by atoms with Crippen LogP contribution in [0.3, 0.4) is 0 Å². The van der Waals surface area contributed by atoms with E-state index in [9.17, 15) is 9.90 Å². The number of anilines is 1. The Morgan fingerprint density at radius 1 is 1.03 bits per heavy atom. The number of carbonyl (C=O) groups is 1. The van der Waals surface area contributed by atoms with Crippen LogP contribution in [-0.2, 0) is 19.6 Å². The van der Waals surface area contributed by atoms with Gasteiger partial charge >= 0.3 is 12.1 Å². The van der Waals surface area contributed by atoms with Gasteiger partial charge in [0.05, 0.1) is 5.69 Å². The Morgan fingerprint density at radius 2 is 1.84 bits per heavy atom. The zero-order chi connectivity index (χ0) is 25.4. The third kappa shape index (κ3) is 4.93. The molecule has 194 valence electrons. The summed E-state index contributed by atoms with van der Waals surface area (Å²) in [4.78, 5) is 29.6. The molecule has 3 aliphatic heterocycles. The summed E-state index contributed by atoms with van der Waals surface area (Å²) in [7, 11) is 2.14. The van der Waals surface area contributed by atoms with Gasteiger partial charge in [-0.3, -0.25) is 4.90 Å². The number of ether oxygens (including phenoxy) is 1. The topological polar surface area (TPSA) is 85.3 Å². The summed E-state index contributed by atoms with van der Waals surface area (Å²) in [6.45, 7) is 6.18. The van der Waals surface area contributed by atoms with E-state index in [0.717, 1.165) is 49.7 Å². The summed E-state index contributed by atoms with van der Waals surface area (Å²) in [5.74, 6) is 0.894. The Morgan fingerprint density at radius 3 is 2.62 bits per heavy atom. The quantitative estimate of drug-likeness (QED) is 0.549. The number of carboxylic acid groups (broad SMARTS) is 1. The highest BCUT2D eigenvalue weighted by molar-refractivity contribution is 5.85. The maximum atomic E-state index is 11.4. The number of nitrogens with zero attached hydrogens (tertiary/aromatic N) is 6. The maximum absolute atomic E-state index is 11.4. The summed E-state index contributed by atoms with van der Waals surface area (Å²) in [6, 6.07) is 15.8. The zero-order valence-electron chi connectivity index (χ0n) is 21.3. The molecule has 1 amide bonds. The van der Waals surface area contributed by atoms with Crippen LogP contribution in [0.1, 0.15) is 29.7 Å². The molecule has 37 heavy (non-hydrogen) atoms. The van der Waals surface area contributed by atoms with Gasteiger partial charge in [0.25, 0.3) is 0 Å². The van der Waals surface area contributed by atoms with Crippen molar-refractivity contribution in [2.45, 2.75) is 38.5 Å². The standard InChI is InChI=1S/C28H34N6O3/c1-31-11-5-9-22(31)19-37-27-29-25-18-32(16-21-8-4-7-20-6-2-3-10-23(20)21)17-24(25)26(30-27)33-12-14-34(15-13-33)28(35)36/h2-4,6-8,10,22H,5,9,11-19H2,1H3,(H,35,36). The van der Waals surface area contributed by atoms with Crippen LogP contribution in [0, 0.1) is 0 Å². The number of benzene rings is 2. The van der Waals surface area contributed by atoms with Crippen LogP contribution in [-0.4, -0.2) is 88.3 Å². The highest BCUT2D eigenvalue weighted by Crippen LogP contribution is 2.33. The molecule has 1 N–H and O–H groups in total. The SMILES string of the molecule is CN1CCCC1COc1nc2c(c(N3CCN(C(=O)O)CC3)n1)CN(Cc1cccc3ccccc13)C2. The predicted octanol–water partition coefficient (Wildman–Crippen LogP) is 3.42. The van der Waals surface area contributed by atoms with Crippen LogP contribution in [0.4, 0.5) is 10.6 Å². The first-order chi connectivity index (χ1) is 18.0. The van der Waals surface area contributed by atoms with E-state index in [1.165, 1.54) is 27.7 Å². The van der Waals surface area contributed by atoms with E-state index in [4.69, 9.17) is 14.7 Å². The van der Waals surface area contributed by atoms with Crippen LogP contribution in [0.2, 0.25) is 0 Å². The fourth-order valence-electron chi connectivity index (χ4n) is 5.86. The molecule has 0 radical (unpaired) electrons. The van der Waals surface area contributed by atoms with Crippen LogP contribution in [0.15, 0.2) is 42.5 Å². The second-order valence-corrected chi connectivity index (χ2v) is 10.4. The van der Waals surface area contributed by atoms with Crippen LogP contribution >= 0.6 is 0 Å². The molecule has 9 heteroatoms. The fraction of sp³-hybridized carbons (Fsp3) is 0.464. The van der Waals surface area contributed by atoms with E-state index in [-0.39, 0.29) is 0 Å². The Kier molecular flexibility index (Phi) is 6.56.